The van der Waals surface area contributed by atoms with Gasteiger partial charge in [-0.2, -0.15) is 0 Å². The molecule has 26 heavy (non-hydrogen) atoms. The van der Waals surface area contributed by atoms with Crippen LogP contribution in [0, 0.1) is 20.8 Å². The van der Waals surface area contributed by atoms with E-state index in [1.807, 2.05) is 52.0 Å². The summed E-state index contributed by atoms with van der Waals surface area (Å²) < 4.78 is 17.3. The molecule has 0 saturated carbocycles. The van der Waals surface area contributed by atoms with Gasteiger partial charge in [0.2, 0.25) is 0 Å². The lowest BCUT2D eigenvalue weighted by Gasteiger charge is -2.16. The summed E-state index contributed by atoms with van der Waals surface area (Å²) >= 11 is 0. The average molecular weight is 354 g/mol. The van der Waals surface area contributed by atoms with Gasteiger partial charge in [-0.3, -0.25) is 4.79 Å². The van der Waals surface area contributed by atoms with E-state index in [4.69, 9.17) is 14.2 Å². The van der Waals surface area contributed by atoms with E-state index in [-0.39, 0.29) is 0 Å². The molecule has 2 rings (SSSR count). The monoisotopic (exact) mass is 354 g/mol. The Morgan fingerprint density at radius 1 is 0.846 bits per heavy atom. The van der Waals surface area contributed by atoms with Crippen LogP contribution in [0.2, 0.25) is 0 Å². The van der Waals surface area contributed by atoms with Crippen LogP contribution in [0.5, 0.6) is 17.2 Å². The van der Waals surface area contributed by atoms with Gasteiger partial charge >= 0.3 is 0 Å². The van der Waals surface area contributed by atoms with Crippen LogP contribution in [-0.2, 0) is 4.79 Å². The fourth-order valence-electron chi connectivity index (χ4n) is 2.62. The lowest BCUT2D eigenvalue weighted by Crippen LogP contribution is -2.02. The third kappa shape index (κ3) is 4.66. The van der Waals surface area contributed by atoms with Crippen LogP contribution >= 0.6 is 0 Å². The predicted octanol–water partition coefficient (Wildman–Crippen LogP) is 5.03. The molecule has 138 valence electrons. The summed E-state index contributed by atoms with van der Waals surface area (Å²) in [5, 5.41) is 0. The zero-order valence-electron chi connectivity index (χ0n) is 16.1. The fraction of sp³-hybridized carbons (Fsp3) is 0.318. The average Bonchev–Trinajstić information content (AvgIpc) is 2.61. The highest BCUT2D eigenvalue weighted by atomic mass is 16.5. The Kier molecular flexibility index (Phi) is 6.84. The van der Waals surface area contributed by atoms with Gasteiger partial charge in [-0.05, 0) is 75.6 Å². The van der Waals surface area contributed by atoms with Crippen molar-refractivity contribution in [2.24, 2.45) is 0 Å². The fourth-order valence-corrected chi connectivity index (χ4v) is 2.62. The molecule has 4 heteroatoms. The summed E-state index contributed by atoms with van der Waals surface area (Å²) in [4.78, 5) is 11.2. The van der Waals surface area contributed by atoms with E-state index in [2.05, 4.69) is 13.0 Å². The van der Waals surface area contributed by atoms with Crippen LogP contribution in [0.4, 0.5) is 0 Å². The highest BCUT2D eigenvalue weighted by Crippen LogP contribution is 2.33. The molecule has 0 saturated heterocycles. The summed E-state index contributed by atoms with van der Waals surface area (Å²) in [6.07, 6.45) is 2.14. The number of carbonyl (C=O) groups is 1. The predicted molar refractivity (Wildman–Crippen MR) is 104 cm³/mol. The second-order valence-corrected chi connectivity index (χ2v) is 6.00. The van der Waals surface area contributed by atoms with Crippen molar-refractivity contribution in [2.45, 2.75) is 34.6 Å². The second-order valence-electron chi connectivity index (χ2n) is 6.00. The van der Waals surface area contributed by atoms with Crippen LogP contribution in [0.1, 0.15) is 36.1 Å². The van der Waals surface area contributed by atoms with E-state index in [0.717, 1.165) is 28.7 Å². The Balaban J connectivity index is 2.41. The van der Waals surface area contributed by atoms with Gasteiger partial charge in [0, 0.05) is 11.6 Å². The molecule has 0 bridgehead atoms. The van der Waals surface area contributed by atoms with Crippen LogP contribution in [0.15, 0.2) is 36.4 Å². The summed E-state index contributed by atoms with van der Waals surface area (Å²) in [5.41, 5.74) is 4.11. The van der Waals surface area contributed by atoms with Crippen molar-refractivity contribution in [3.05, 3.63) is 58.7 Å². The van der Waals surface area contributed by atoms with Crippen molar-refractivity contribution in [1.29, 1.82) is 0 Å². The molecule has 0 atom stereocenters. The van der Waals surface area contributed by atoms with E-state index in [9.17, 15) is 4.79 Å². The molecule has 0 aliphatic rings. The molecular formula is C22H26O4. The van der Waals surface area contributed by atoms with Crippen LogP contribution < -0.4 is 14.2 Å². The summed E-state index contributed by atoms with van der Waals surface area (Å²) in [7, 11) is 0. The zero-order chi connectivity index (χ0) is 19.1. The molecule has 0 N–H and O–H groups in total. The number of aldehydes is 1. The van der Waals surface area contributed by atoms with Crippen molar-refractivity contribution in [3.63, 3.8) is 0 Å². The van der Waals surface area contributed by atoms with Crippen LogP contribution in [-0.4, -0.2) is 19.5 Å². The highest BCUT2D eigenvalue weighted by molar-refractivity contribution is 5.80. The maximum absolute atomic E-state index is 11.2. The number of ether oxygens (including phenoxy) is 3. The first kappa shape index (κ1) is 19.6. The highest BCUT2D eigenvalue weighted by Gasteiger charge is 2.12. The lowest BCUT2D eigenvalue weighted by atomic mass is 10.1. The first-order valence-corrected chi connectivity index (χ1v) is 8.81. The Morgan fingerprint density at radius 2 is 1.50 bits per heavy atom. The topological polar surface area (TPSA) is 44.8 Å². The lowest BCUT2D eigenvalue weighted by molar-refractivity contribution is -0.104. The minimum absolute atomic E-state index is 0.468. The number of benzene rings is 2. The Bertz CT molecular complexity index is 806. The van der Waals surface area contributed by atoms with Crippen molar-refractivity contribution >= 4 is 12.0 Å². The van der Waals surface area contributed by atoms with Crippen molar-refractivity contribution in [3.8, 4) is 17.2 Å². The Labute approximate surface area is 155 Å². The molecule has 0 aromatic heterocycles. The smallest absolute Gasteiger partial charge is 0.161 e. The second kappa shape index (κ2) is 9.09. The van der Waals surface area contributed by atoms with Gasteiger partial charge in [0.25, 0.3) is 0 Å². The van der Waals surface area contributed by atoms with Gasteiger partial charge in [-0.15, -0.1) is 0 Å². The van der Waals surface area contributed by atoms with Crippen LogP contribution in [0.25, 0.3) is 5.76 Å². The molecule has 2 aromatic carbocycles. The number of rotatable bonds is 8. The minimum Gasteiger partial charge on any atom is -0.490 e. The van der Waals surface area contributed by atoms with E-state index >= 15 is 0 Å². The van der Waals surface area contributed by atoms with Crippen LogP contribution in [0.3, 0.4) is 0 Å². The molecule has 0 fully saturated rings. The first-order valence-electron chi connectivity index (χ1n) is 8.81. The van der Waals surface area contributed by atoms with Gasteiger partial charge in [0.05, 0.1) is 13.2 Å². The van der Waals surface area contributed by atoms with Crippen molar-refractivity contribution in [2.75, 3.05) is 13.2 Å². The molecule has 0 spiro atoms. The molecule has 0 heterocycles. The standard InChI is InChI=1S/C22H26O4/c1-6-24-20-9-8-18(14-22(20)25-7-2)19(10-11-23)26-21-13-16(4)15(3)12-17(21)5/h8-14H,6-7H2,1-5H3/b19-10-. The number of hydrogen-bond donors (Lipinski definition) is 0. The van der Waals surface area contributed by atoms with E-state index in [1.165, 1.54) is 11.6 Å². The zero-order valence-corrected chi connectivity index (χ0v) is 16.1. The quantitative estimate of drug-likeness (QED) is 0.379. The molecule has 0 amide bonds. The Hall–Kier alpha value is -2.75. The number of hydrogen-bond acceptors (Lipinski definition) is 4. The first-order chi connectivity index (χ1) is 12.5. The SMILES string of the molecule is CCOc1ccc(/C(=C/C=O)Oc2cc(C)c(C)cc2C)cc1OCC. The van der Waals surface area contributed by atoms with E-state index < -0.39 is 0 Å². The van der Waals surface area contributed by atoms with Crippen molar-refractivity contribution in [1.82, 2.24) is 0 Å². The minimum atomic E-state index is 0.468. The Morgan fingerprint density at radius 3 is 2.15 bits per heavy atom. The summed E-state index contributed by atoms with van der Waals surface area (Å²) in [5.74, 6) is 2.50. The van der Waals surface area contributed by atoms with E-state index in [1.54, 1.807) is 0 Å². The molecule has 0 radical (unpaired) electrons. The third-order valence-electron chi connectivity index (χ3n) is 4.06. The van der Waals surface area contributed by atoms with Gasteiger partial charge in [-0.25, -0.2) is 0 Å². The molecular weight excluding hydrogens is 328 g/mol. The van der Waals surface area contributed by atoms with Gasteiger partial charge in [0.1, 0.15) is 17.8 Å². The molecule has 2 aromatic rings. The summed E-state index contributed by atoms with van der Waals surface area (Å²) in [6.45, 7) is 11.0. The normalized spacial score (nSPS) is 11.2. The third-order valence-corrected chi connectivity index (χ3v) is 4.06. The maximum Gasteiger partial charge on any atom is 0.161 e. The number of carbonyl (C=O) groups excluding carboxylic acids is 1. The molecule has 0 aliphatic carbocycles. The largest absolute Gasteiger partial charge is 0.490 e. The molecule has 0 unspecified atom stereocenters. The van der Waals surface area contributed by atoms with Gasteiger partial charge in [0.15, 0.2) is 11.5 Å². The summed E-state index contributed by atoms with van der Waals surface area (Å²) in [6, 6.07) is 9.59. The number of aryl methyl sites for hydroxylation is 3. The number of allylic oxidation sites excluding steroid dienone is 1. The van der Waals surface area contributed by atoms with Gasteiger partial charge < -0.3 is 14.2 Å². The van der Waals surface area contributed by atoms with E-state index in [0.29, 0.717) is 30.5 Å². The molecule has 4 nitrogen and oxygen atoms in total. The maximum atomic E-state index is 11.2. The van der Waals surface area contributed by atoms with Crippen molar-refractivity contribution < 1.29 is 19.0 Å². The molecule has 0 aliphatic heterocycles. The van der Waals surface area contributed by atoms with Gasteiger partial charge in [-0.1, -0.05) is 6.07 Å².